The van der Waals surface area contributed by atoms with Crippen LogP contribution in [0.25, 0.3) is 5.69 Å². The maximum absolute atomic E-state index is 5.21. The Labute approximate surface area is 149 Å². The minimum Gasteiger partial charge on any atom is -0.383 e. The van der Waals surface area contributed by atoms with E-state index in [2.05, 4.69) is 64.3 Å². The quantitative estimate of drug-likeness (QED) is 0.790. The lowest BCUT2D eigenvalue weighted by atomic mass is 10.1. The van der Waals surface area contributed by atoms with E-state index in [-0.39, 0.29) is 0 Å². The van der Waals surface area contributed by atoms with E-state index >= 15 is 0 Å². The predicted molar refractivity (Wildman–Crippen MR) is 96.8 cm³/mol. The van der Waals surface area contributed by atoms with Crippen molar-refractivity contribution in [1.29, 1.82) is 0 Å². The number of para-hydroxylation sites is 1. The Morgan fingerprint density at radius 2 is 1.96 bits per heavy atom. The molecule has 1 aliphatic rings. The summed E-state index contributed by atoms with van der Waals surface area (Å²) in [6.07, 6.45) is 0. The zero-order chi connectivity index (χ0) is 17.8. The van der Waals surface area contributed by atoms with Crippen molar-refractivity contribution < 1.29 is 4.74 Å². The van der Waals surface area contributed by atoms with Gasteiger partial charge < -0.3 is 4.74 Å². The number of aromatic nitrogens is 4. The van der Waals surface area contributed by atoms with Gasteiger partial charge in [-0.15, -0.1) is 5.10 Å². The van der Waals surface area contributed by atoms with Gasteiger partial charge in [-0.25, -0.2) is 0 Å². The molecule has 1 aromatic heterocycles. The lowest BCUT2D eigenvalue weighted by molar-refractivity contribution is 0.0543. The largest absolute Gasteiger partial charge is 0.383 e. The van der Waals surface area contributed by atoms with Crippen molar-refractivity contribution in [3.63, 3.8) is 0 Å². The van der Waals surface area contributed by atoms with Crippen molar-refractivity contribution in [2.24, 2.45) is 0 Å². The first-order valence-corrected chi connectivity index (χ1v) is 8.89. The van der Waals surface area contributed by atoms with Crippen molar-refractivity contribution in [1.82, 2.24) is 30.0 Å². The van der Waals surface area contributed by atoms with E-state index in [9.17, 15) is 0 Å². The molecule has 0 amide bonds. The number of piperazine rings is 1. The molecule has 136 valence electrons. The van der Waals surface area contributed by atoms with Gasteiger partial charge in [0.2, 0.25) is 0 Å². The fourth-order valence-corrected chi connectivity index (χ4v) is 3.57. The average molecular weight is 344 g/mol. The lowest BCUT2D eigenvalue weighted by Crippen LogP contribution is -2.52. The zero-order valence-corrected chi connectivity index (χ0v) is 15.6. The summed E-state index contributed by atoms with van der Waals surface area (Å²) in [5.74, 6) is 0.898. The Bertz CT molecular complexity index is 680. The molecule has 1 aliphatic heterocycles. The number of tetrazole rings is 1. The third-order valence-electron chi connectivity index (χ3n) is 4.98. The molecule has 7 nitrogen and oxygen atoms in total. The van der Waals surface area contributed by atoms with Crippen molar-refractivity contribution >= 4 is 0 Å². The fourth-order valence-electron chi connectivity index (χ4n) is 3.57. The monoisotopic (exact) mass is 344 g/mol. The molecule has 1 aromatic carbocycles. The number of ether oxygens (including phenoxy) is 1. The molecule has 1 saturated heterocycles. The van der Waals surface area contributed by atoms with Gasteiger partial charge in [0.1, 0.15) is 0 Å². The highest BCUT2D eigenvalue weighted by atomic mass is 16.5. The van der Waals surface area contributed by atoms with Crippen molar-refractivity contribution in [2.75, 3.05) is 39.9 Å². The highest BCUT2D eigenvalue weighted by molar-refractivity contribution is 5.46. The maximum atomic E-state index is 5.21. The molecule has 0 N–H and O–H groups in total. The maximum Gasteiger partial charge on any atom is 0.170 e. The Morgan fingerprint density at radius 3 is 2.64 bits per heavy atom. The Hall–Kier alpha value is -1.83. The van der Waals surface area contributed by atoms with Crippen LogP contribution in [0.1, 0.15) is 23.9 Å². The molecule has 7 heteroatoms. The van der Waals surface area contributed by atoms with Gasteiger partial charge in [0.25, 0.3) is 0 Å². The predicted octanol–water partition coefficient (Wildman–Crippen LogP) is 1.43. The molecule has 1 atom stereocenters. The van der Waals surface area contributed by atoms with E-state index < -0.39 is 0 Å². The van der Waals surface area contributed by atoms with Crippen LogP contribution in [-0.2, 0) is 11.3 Å². The van der Waals surface area contributed by atoms with Gasteiger partial charge in [-0.2, -0.15) is 4.68 Å². The molecule has 25 heavy (non-hydrogen) atoms. The molecule has 0 aliphatic carbocycles. The van der Waals surface area contributed by atoms with Crippen LogP contribution in [0, 0.1) is 13.8 Å². The highest BCUT2D eigenvalue weighted by Gasteiger charge is 2.25. The minimum absolute atomic E-state index is 0.508. The van der Waals surface area contributed by atoms with Crippen LogP contribution in [-0.4, -0.2) is 75.9 Å². The van der Waals surface area contributed by atoms with E-state index in [4.69, 9.17) is 4.74 Å². The van der Waals surface area contributed by atoms with Crippen LogP contribution >= 0.6 is 0 Å². The van der Waals surface area contributed by atoms with E-state index in [0.717, 1.165) is 50.8 Å². The number of hydrogen-bond donors (Lipinski definition) is 0. The molecule has 2 heterocycles. The summed E-state index contributed by atoms with van der Waals surface area (Å²) in [4.78, 5) is 4.91. The number of hydrogen-bond acceptors (Lipinski definition) is 6. The molecule has 3 rings (SSSR count). The van der Waals surface area contributed by atoms with E-state index in [1.165, 1.54) is 11.1 Å². The van der Waals surface area contributed by atoms with Gasteiger partial charge in [-0.3, -0.25) is 9.80 Å². The van der Waals surface area contributed by atoms with Crippen LogP contribution in [0.3, 0.4) is 0 Å². The Kier molecular flexibility index (Phi) is 5.78. The summed E-state index contributed by atoms with van der Waals surface area (Å²) < 4.78 is 7.10. The number of benzene rings is 1. The van der Waals surface area contributed by atoms with Crippen molar-refractivity contribution in [2.45, 2.75) is 33.4 Å². The van der Waals surface area contributed by atoms with Crippen LogP contribution in [0.4, 0.5) is 0 Å². The second kappa shape index (κ2) is 8.03. The van der Waals surface area contributed by atoms with Gasteiger partial charge in [0.15, 0.2) is 5.82 Å². The average Bonchev–Trinajstić information content (AvgIpc) is 3.02. The van der Waals surface area contributed by atoms with E-state index in [0.29, 0.717) is 6.04 Å². The first-order valence-electron chi connectivity index (χ1n) is 8.89. The number of rotatable bonds is 6. The third kappa shape index (κ3) is 4.05. The second-order valence-electron chi connectivity index (χ2n) is 6.86. The van der Waals surface area contributed by atoms with Crippen LogP contribution < -0.4 is 0 Å². The lowest BCUT2D eigenvalue weighted by Gasteiger charge is -2.39. The molecule has 1 fully saturated rings. The molecule has 0 spiro atoms. The van der Waals surface area contributed by atoms with Gasteiger partial charge in [0.05, 0.1) is 18.8 Å². The summed E-state index contributed by atoms with van der Waals surface area (Å²) in [6, 6.07) is 6.78. The Balaban J connectivity index is 1.71. The normalized spacial score (nSPS) is 19.4. The van der Waals surface area contributed by atoms with Crippen molar-refractivity contribution in [3.8, 4) is 5.69 Å². The molecule has 0 bridgehead atoms. The summed E-state index contributed by atoms with van der Waals surface area (Å²) in [5, 5.41) is 12.5. The Morgan fingerprint density at radius 1 is 1.20 bits per heavy atom. The van der Waals surface area contributed by atoms with E-state index in [1.807, 2.05) is 4.68 Å². The van der Waals surface area contributed by atoms with Gasteiger partial charge in [-0.05, 0) is 42.3 Å². The minimum atomic E-state index is 0.508. The van der Waals surface area contributed by atoms with Crippen molar-refractivity contribution in [3.05, 3.63) is 35.2 Å². The van der Waals surface area contributed by atoms with Gasteiger partial charge in [-0.1, -0.05) is 18.2 Å². The summed E-state index contributed by atoms with van der Waals surface area (Å²) in [7, 11) is 1.76. The van der Waals surface area contributed by atoms with Crippen LogP contribution in [0.15, 0.2) is 18.2 Å². The molecule has 2 aromatic rings. The zero-order valence-electron chi connectivity index (χ0n) is 15.6. The number of nitrogens with zero attached hydrogens (tertiary/aromatic N) is 6. The summed E-state index contributed by atoms with van der Waals surface area (Å²) in [5.41, 5.74) is 3.46. The SMILES string of the molecule is COCCN1CCN(Cc2nnnn2-c2c(C)cccc2C)C[C@H]1C. The van der Waals surface area contributed by atoms with E-state index in [1.54, 1.807) is 7.11 Å². The third-order valence-corrected chi connectivity index (χ3v) is 4.98. The van der Waals surface area contributed by atoms with Crippen LogP contribution in [0.2, 0.25) is 0 Å². The van der Waals surface area contributed by atoms with Crippen LogP contribution in [0.5, 0.6) is 0 Å². The molecular formula is C18H28N6O. The standard InChI is InChI=1S/C18H28N6O/c1-14-6-5-7-15(2)18(14)24-17(19-20-21-24)13-22-8-9-23(10-11-25-4)16(3)12-22/h5-7,16H,8-13H2,1-4H3/t16-/m1/s1. The molecule has 0 saturated carbocycles. The molecular weight excluding hydrogens is 316 g/mol. The molecule has 0 radical (unpaired) electrons. The molecule has 0 unspecified atom stereocenters. The summed E-state index contributed by atoms with van der Waals surface area (Å²) in [6.45, 7) is 12.1. The second-order valence-corrected chi connectivity index (χ2v) is 6.86. The smallest absolute Gasteiger partial charge is 0.170 e. The highest BCUT2D eigenvalue weighted by Crippen LogP contribution is 2.20. The topological polar surface area (TPSA) is 59.3 Å². The fraction of sp³-hybridized carbons (Fsp3) is 0.611. The summed E-state index contributed by atoms with van der Waals surface area (Å²) >= 11 is 0. The number of methoxy groups -OCH3 is 1. The number of aryl methyl sites for hydroxylation is 2. The first kappa shape index (κ1) is 18.0. The van der Waals surface area contributed by atoms with Gasteiger partial charge >= 0.3 is 0 Å². The van der Waals surface area contributed by atoms with Gasteiger partial charge in [0, 0.05) is 39.3 Å². The first-order chi connectivity index (χ1) is 12.1.